The highest BCUT2D eigenvalue weighted by atomic mass is 32.2. The van der Waals surface area contributed by atoms with Crippen LogP contribution in [0.1, 0.15) is 26.2 Å². The average Bonchev–Trinajstić information content (AvgIpc) is 3.23. The Hall–Kier alpha value is -2.26. The first kappa shape index (κ1) is 22.9. The molecule has 1 fully saturated rings. The molecule has 32 heavy (non-hydrogen) atoms. The third-order valence-corrected chi connectivity index (χ3v) is 8.30. The quantitative estimate of drug-likeness (QED) is 0.449. The molecule has 2 heterocycles. The monoisotopic (exact) mass is 471 g/mol. The van der Waals surface area contributed by atoms with Gasteiger partial charge in [0, 0.05) is 25.0 Å². The van der Waals surface area contributed by atoms with E-state index >= 15 is 0 Å². The Morgan fingerprint density at radius 1 is 1.00 bits per heavy atom. The first-order valence-corrected chi connectivity index (χ1v) is 13.4. The molecule has 2 aromatic carbocycles. The van der Waals surface area contributed by atoms with Crippen molar-refractivity contribution in [2.45, 2.75) is 37.6 Å². The summed E-state index contributed by atoms with van der Waals surface area (Å²) in [5.41, 5.74) is 2.99. The number of aromatic nitrogens is 1. The number of hydrogen-bond donors (Lipinski definition) is 0. The van der Waals surface area contributed by atoms with Gasteiger partial charge in [0.2, 0.25) is 10.0 Å². The highest BCUT2D eigenvalue weighted by molar-refractivity contribution is 7.89. The van der Waals surface area contributed by atoms with Gasteiger partial charge in [0.25, 0.3) is 0 Å². The van der Waals surface area contributed by atoms with Gasteiger partial charge in [0.05, 0.1) is 29.5 Å². The second-order valence-electron chi connectivity index (χ2n) is 7.75. The fourth-order valence-electron chi connectivity index (χ4n) is 3.73. The second-order valence-corrected chi connectivity index (χ2v) is 10.5. The molecule has 0 bridgehead atoms. The molecule has 3 aromatic rings. The van der Waals surface area contributed by atoms with Gasteiger partial charge in [-0.2, -0.15) is 4.31 Å². The van der Waals surface area contributed by atoms with Gasteiger partial charge >= 0.3 is 0 Å². The normalized spacial score (nSPS) is 15.8. The maximum Gasteiger partial charge on any atom is 0.243 e. The lowest BCUT2D eigenvalue weighted by atomic mass is 10.1. The average molecular weight is 472 g/mol. The van der Waals surface area contributed by atoms with Crippen molar-refractivity contribution in [2.24, 2.45) is 4.99 Å². The molecule has 0 saturated carbocycles. The number of nitrogens with zero attached hydrogens (tertiary/aromatic N) is 3. The van der Waals surface area contributed by atoms with E-state index in [1.807, 2.05) is 42.5 Å². The molecule has 0 atom stereocenters. The van der Waals surface area contributed by atoms with Crippen LogP contribution in [0.4, 0.5) is 5.69 Å². The van der Waals surface area contributed by atoms with Gasteiger partial charge in [-0.25, -0.2) is 13.4 Å². The van der Waals surface area contributed by atoms with Crippen LogP contribution in [0.2, 0.25) is 0 Å². The second kappa shape index (κ2) is 10.6. The Morgan fingerprint density at radius 3 is 2.41 bits per heavy atom. The predicted octanol–water partition coefficient (Wildman–Crippen LogP) is 4.66. The lowest BCUT2D eigenvalue weighted by Gasteiger charge is -2.26. The van der Waals surface area contributed by atoms with Gasteiger partial charge in [-0.3, -0.25) is 0 Å². The first-order valence-electron chi connectivity index (χ1n) is 11.1. The van der Waals surface area contributed by atoms with Crippen molar-refractivity contribution in [1.29, 1.82) is 0 Å². The summed E-state index contributed by atoms with van der Waals surface area (Å²) in [4.78, 5) is 6.13. The number of para-hydroxylation sites is 1. The van der Waals surface area contributed by atoms with Crippen molar-refractivity contribution in [3.05, 3.63) is 64.8 Å². The van der Waals surface area contributed by atoms with Crippen LogP contribution in [0, 0.1) is 0 Å². The number of hydrogen-bond acceptors (Lipinski definition) is 5. The van der Waals surface area contributed by atoms with E-state index in [2.05, 4.69) is 16.9 Å². The van der Waals surface area contributed by atoms with E-state index in [9.17, 15) is 8.42 Å². The first-order chi connectivity index (χ1) is 15.6. The molecule has 0 aliphatic carbocycles. The number of rotatable bonds is 8. The Kier molecular flexibility index (Phi) is 7.57. The standard InChI is InChI=1S/C24H29N3O3S2/c1-2-3-7-14-27-23(19-31-24(27)25-21-8-5-4-6-9-21)20-10-12-22(13-11-20)32(28,29)26-15-17-30-18-16-26/h4-6,8-13,19H,2-3,7,14-18H2,1H3. The van der Waals surface area contributed by atoms with Crippen molar-refractivity contribution in [2.75, 3.05) is 26.3 Å². The van der Waals surface area contributed by atoms with Gasteiger partial charge in [0.15, 0.2) is 4.80 Å². The zero-order valence-electron chi connectivity index (χ0n) is 18.3. The summed E-state index contributed by atoms with van der Waals surface area (Å²) in [6.07, 6.45) is 3.38. The molecular formula is C24H29N3O3S2. The molecule has 1 aliphatic heterocycles. The van der Waals surface area contributed by atoms with Crippen LogP contribution < -0.4 is 4.80 Å². The molecule has 0 radical (unpaired) electrons. The summed E-state index contributed by atoms with van der Waals surface area (Å²) in [6.45, 7) is 4.76. The van der Waals surface area contributed by atoms with Crippen LogP contribution in [0.25, 0.3) is 11.3 Å². The third kappa shape index (κ3) is 5.20. The van der Waals surface area contributed by atoms with Crippen LogP contribution in [0.3, 0.4) is 0 Å². The molecule has 0 amide bonds. The minimum atomic E-state index is -3.49. The third-order valence-electron chi connectivity index (χ3n) is 5.52. The highest BCUT2D eigenvalue weighted by Gasteiger charge is 2.26. The Labute approximate surface area is 193 Å². The minimum absolute atomic E-state index is 0.324. The number of benzene rings is 2. The summed E-state index contributed by atoms with van der Waals surface area (Å²) in [5, 5.41) is 2.11. The molecule has 0 N–H and O–H groups in total. The maximum atomic E-state index is 12.9. The molecule has 170 valence electrons. The number of unbranched alkanes of at least 4 members (excludes halogenated alkanes) is 2. The van der Waals surface area contributed by atoms with E-state index in [1.54, 1.807) is 23.5 Å². The summed E-state index contributed by atoms with van der Waals surface area (Å²) >= 11 is 1.61. The number of ether oxygens (including phenoxy) is 1. The molecule has 1 aromatic heterocycles. The molecule has 0 unspecified atom stereocenters. The van der Waals surface area contributed by atoms with Crippen LogP contribution in [0.5, 0.6) is 0 Å². The SMILES string of the molecule is CCCCCn1c(-c2ccc(S(=O)(=O)N3CCOCC3)cc2)csc1=Nc1ccccc1. The lowest BCUT2D eigenvalue weighted by molar-refractivity contribution is 0.0730. The van der Waals surface area contributed by atoms with Crippen molar-refractivity contribution >= 4 is 27.0 Å². The Bertz CT molecular complexity index is 1180. The van der Waals surface area contributed by atoms with Gasteiger partial charge in [-0.1, -0.05) is 50.1 Å². The fraction of sp³-hybridized carbons (Fsp3) is 0.375. The topological polar surface area (TPSA) is 63.9 Å². The summed E-state index contributed by atoms with van der Waals surface area (Å²) in [7, 11) is -3.49. The van der Waals surface area contributed by atoms with Crippen LogP contribution in [-0.4, -0.2) is 43.6 Å². The summed E-state index contributed by atoms with van der Waals surface area (Å²) < 4.78 is 34.9. The van der Waals surface area contributed by atoms with E-state index in [-0.39, 0.29) is 0 Å². The summed E-state index contributed by atoms with van der Waals surface area (Å²) in [5.74, 6) is 0. The number of morpholine rings is 1. The predicted molar refractivity (Wildman–Crippen MR) is 129 cm³/mol. The molecule has 4 rings (SSSR count). The number of sulfonamides is 1. The van der Waals surface area contributed by atoms with Crippen molar-refractivity contribution in [3.8, 4) is 11.3 Å². The van der Waals surface area contributed by atoms with E-state index in [0.29, 0.717) is 31.2 Å². The maximum absolute atomic E-state index is 12.9. The van der Waals surface area contributed by atoms with E-state index in [1.165, 1.54) is 4.31 Å². The minimum Gasteiger partial charge on any atom is -0.379 e. The molecule has 0 spiro atoms. The molecule has 1 saturated heterocycles. The fourth-order valence-corrected chi connectivity index (χ4v) is 6.10. The Balaban J connectivity index is 1.66. The highest BCUT2D eigenvalue weighted by Crippen LogP contribution is 2.25. The Morgan fingerprint density at radius 2 is 1.72 bits per heavy atom. The zero-order valence-corrected chi connectivity index (χ0v) is 19.9. The van der Waals surface area contributed by atoms with Gasteiger partial charge in [-0.15, -0.1) is 11.3 Å². The van der Waals surface area contributed by atoms with Gasteiger partial charge in [0.1, 0.15) is 0 Å². The molecule has 1 aliphatic rings. The van der Waals surface area contributed by atoms with Crippen LogP contribution in [0.15, 0.2) is 69.9 Å². The summed E-state index contributed by atoms with van der Waals surface area (Å²) in [6, 6.07) is 17.2. The zero-order chi connectivity index (χ0) is 22.4. The van der Waals surface area contributed by atoms with Gasteiger partial charge in [-0.05, 0) is 36.2 Å². The lowest BCUT2D eigenvalue weighted by Crippen LogP contribution is -2.40. The van der Waals surface area contributed by atoms with Crippen molar-refractivity contribution in [1.82, 2.24) is 8.87 Å². The largest absolute Gasteiger partial charge is 0.379 e. The smallest absolute Gasteiger partial charge is 0.243 e. The van der Waals surface area contributed by atoms with Crippen molar-refractivity contribution in [3.63, 3.8) is 0 Å². The van der Waals surface area contributed by atoms with Crippen LogP contribution in [-0.2, 0) is 21.3 Å². The molecular weight excluding hydrogens is 442 g/mol. The van der Waals surface area contributed by atoms with Crippen LogP contribution >= 0.6 is 11.3 Å². The van der Waals surface area contributed by atoms with E-state index < -0.39 is 10.0 Å². The molecule has 8 heteroatoms. The molecule has 6 nitrogen and oxygen atoms in total. The van der Waals surface area contributed by atoms with E-state index in [4.69, 9.17) is 9.73 Å². The van der Waals surface area contributed by atoms with E-state index in [0.717, 1.165) is 47.6 Å². The van der Waals surface area contributed by atoms with Gasteiger partial charge < -0.3 is 9.30 Å². The van der Waals surface area contributed by atoms with Crippen molar-refractivity contribution < 1.29 is 13.2 Å². The number of thiazole rings is 1.